The summed E-state index contributed by atoms with van der Waals surface area (Å²) in [5.74, 6) is 0. The van der Waals surface area contributed by atoms with Gasteiger partial charge in [0.2, 0.25) is 0 Å². The van der Waals surface area contributed by atoms with E-state index in [1.165, 1.54) is 0 Å². The zero-order valence-electron chi connectivity index (χ0n) is 12.9. The number of amides is 2. The lowest BCUT2D eigenvalue weighted by molar-refractivity contribution is 0.0587. The van der Waals surface area contributed by atoms with Crippen LogP contribution in [0.4, 0.5) is 10.5 Å². The summed E-state index contributed by atoms with van der Waals surface area (Å²) in [4.78, 5) is 12.0. The molecule has 6 heteroatoms. The molecule has 1 heterocycles. The van der Waals surface area contributed by atoms with Crippen LogP contribution in [-0.4, -0.2) is 33.1 Å². The SMILES string of the molecule is CC[C@](C)(O)CNC(=O)Nc1ccccc1Cn1cccn1. The zero-order valence-corrected chi connectivity index (χ0v) is 12.9. The van der Waals surface area contributed by atoms with Gasteiger partial charge in [0.15, 0.2) is 0 Å². The number of para-hydroxylation sites is 1. The molecule has 0 aliphatic carbocycles. The number of hydrogen-bond donors (Lipinski definition) is 3. The van der Waals surface area contributed by atoms with Gasteiger partial charge in [0, 0.05) is 24.6 Å². The quantitative estimate of drug-likeness (QED) is 0.765. The van der Waals surface area contributed by atoms with Crippen LogP contribution in [0.3, 0.4) is 0 Å². The largest absolute Gasteiger partial charge is 0.388 e. The molecule has 6 nitrogen and oxygen atoms in total. The molecule has 0 unspecified atom stereocenters. The summed E-state index contributed by atoms with van der Waals surface area (Å²) < 4.78 is 1.79. The van der Waals surface area contributed by atoms with Crippen LogP contribution in [0, 0.1) is 0 Å². The fourth-order valence-electron chi connectivity index (χ4n) is 1.91. The molecule has 3 N–H and O–H groups in total. The zero-order chi connectivity index (χ0) is 16.0. The first kappa shape index (κ1) is 16.0. The van der Waals surface area contributed by atoms with Crippen molar-refractivity contribution in [3.63, 3.8) is 0 Å². The standard InChI is InChI=1S/C16H22N4O2/c1-3-16(2,22)12-17-15(21)19-14-8-5-4-7-13(14)11-20-10-6-9-18-20/h4-10,22H,3,11-12H2,1-2H3,(H2,17,19,21)/t16-/m0/s1. The molecule has 0 aliphatic heterocycles. The van der Waals surface area contributed by atoms with Crippen molar-refractivity contribution in [2.24, 2.45) is 0 Å². The molecule has 0 radical (unpaired) electrons. The summed E-state index contributed by atoms with van der Waals surface area (Å²) in [5, 5.41) is 19.6. The van der Waals surface area contributed by atoms with E-state index in [1.54, 1.807) is 17.8 Å². The summed E-state index contributed by atoms with van der Waals surface area (Å²) in [6.07, 6.45) is 4.16. The second-order valence-corrected chi connectivity index (χ2v) is 5.52. The molecule has 0 fully saturated rings. The van der Waals surface area contributed by atoms with E-state index in [4.69, 9.17) is 0 Å². The Bertz CT molecular complexity index is 608. The number of carbonyl (C=O) groups is 1. The molecule has 0 saturated heterocycles. The molecule has 1 aromatic carbocycles. The van der Waals surface area contributed by atoms with E-state index in [9.17, 15) is 9.90 Å². The van der Waals surface area contributed by atoms with Crippen molar-refractivity contribution in [1.29, 1.82) is 0 Å². The number of benzene rings is 1. The number of aromatic nitrogens is 2. The molecule has 0 bridgehead atoms. The molecular weight excluding hydrogens is 280 g/mol. The summed E-state index contributed by atoms with van der Waals surface area (Å²) in [5.41, 5.74) is 0.793. The van der Waals surface area contributed by atoms with Gasteiger partial charge in [0.05, 0.1) is 12.1 Å². The molecule has 118 valence electrons. The van der Waals surface area contributed by atoms with Gasteiger partial charge < -0.3 is 15.7 Å². The van der Waals surface area contributed by atoms with Crippen molar-refractivity contribution in [1.82, 2.24) is 15.1 Å². The van der Waals surface area contributed by atoms with Gasteiger partial charge in [-0.3, -0.25) is 4.68 Å². The maximum absolute atomic E-state index is 12.0. The molecular formula is C16H22N4O2. The van der Waals surface area contributed by atoms with E-state index in [0.29, 0.717) is 13.0 Å². The first-order chi connectivity index (χ1) is 10.5. The van der Waals surface area contributed by atoms with Gasteiger partial charge in [-0.25, -0.2) is 4.79 Å². The third kappa shape index (κ3) is 4.60. The molecule has 0 saturated carbocycles. The van der Waals surface area contributed by atoms with Gasteiger partial charge in [0.1, 0.15) is 0 Å². The van der Waals surface area contributed by atoms with Crippen molar-refractivity contribution in [3.05, 3.63) is 48.3 Å². The Morgan fingerprint density at radius 3 is 2.82 bits per heavy atom. The van der Waals surface area contributed by atoms with Gasteiger partial charge in [0.25, 0.3) is 0 Å². The Kier molecular flexibility index (Phi) is 5.16. The minimum Gasteiger partial charge on any atom is -0.388 e. The molecule has 2 rings (SSSR count). The third-order valence-electron chi connectivity index (χ3n) is 3.55. The van der Waals surface area contributed by atoms with E-state index in [0.717, 1.165) is 11.3 Å². The van der Waals surface area contributed by atoms with Crippen molar-refractivity contribution in [2.75, 3.05) is 11.9 Å². The Morgan fingerprint density at radius 1 is 1.36 bits per heavy atom. The second kappa shape index (κ2) is 7.09. The normalized spacial score (nSPS) is 13.4. The molecule has 2 amide bonds. The lowest BCUT2D eigenvalue weighted by Gasteiger charge is -2.22. The maximum Gasteiger partial charge on any atom is 0.319 e. The van der Waals surface area contributed by atoms with Crippen molar-refractivity contribution >= 4 is 11.7 Å². The highest BCUT2D eigenvalue weighted by Gasteiger charge is 2.18. The topological polar surface area (TPSA) is 79.2 Å². The van der Waals surface area contributed by atoms with Crippen LogP contribution in [0.5, 0.6) is 0 Å². The fraction of sp³-hybridized carbons (Fsp3) is 0.375. The minimum atomic E-state index is -0.897. The van der Waals surface area contributed by atoms with Gasteiger partial charge in [-0.05, 0) is 31.0 Å². The van der Waals surface area contributed by atoms with E-state index < -0.39 is 5.60 Å². The monoisotopic (exact) mass is 302 g/mol. The third-order valence-corrected chi connectivity index (χ3v) is 3.55. The molecule has 1 atom stereocenters. The maximum atomic E-state index is 12.0. The highest BCUT2D eigenvalue weighted by atomic mass is 16.3. The van der Waals surface area contributed by atoms with Crippen LogP contribution >= 0.6 is 0 Å². The highest BCUT2D eigenvalue weighted by molar-refractivity contribution is 5.90. The predicted molar refractivity (Wildman–Crippen MR) is 85.7 cm³/mol. The number of hydrogen-bond acceptors (Lipinski definition) is 3. The molecule has 2 aromatic rings. The smallest absolute Gasteiger partial charge is 0.319 e. The number of anilines is 1. The number of nitrogens with one attached hydrogen (secondary N) is 2. The van der Waals surface area contributed by atoms with Gasteiger partial charge in [-0.1, -0.05) is 25.1 Å². The average Bonchev–Trinajstić information content (AvgIpc) is 3.00. The van der Waals surface area contributed by atoms with Crippen molar-refractivity contribution < 1.29 is 9.90 Å². The lowest BCUT2D eigenvalue weighted by Crippen LogP contribution is -2.41. The first-order valence-corrected chi connectivity index (χ1v) is 7.33. The molecule has 0 spiro atoms. The number of rotatable bonds is 6. The van der Waals surface area contributed by atoms with Crippen LogP contribution in [0.1, 0.15) is 25.8 Å². The number of nitrogens with zero attached hydrogens (tertiary/aromatic N) is 2. The Balaban J connectivity index is 1.99. The van der Waals surface area contributed by atoms with Crippen molar-refractivity contribution in [3.8, 4) is 0 Å². The minimum absolute atomic E-state index is 0.205. The predicted octanol–water partition coefficient (Wildman–Crippen LogP) is 2.21. The number of aliphatic hydroxyl groups is 1. The van der Waals surface area contributed by atoms with E-state index in [2.05, 4.69) is 15.7 Å². The summed E-state index contributed by atoms with van der Waals surface area (Å²) in [6, 6.07) is 9.10. The highest BCUT2D eigenvalue weighted by Crippen LogP contribution is 2.16. The molecule has 1 aromatic heterocycles. The van der Waals surface area contributed by atoms with Crippen LogP contribution < -0.4 is 10.6 Å². The van der Waals surface area contributed by atoms with Gasteiger partial charge in [-0.15, -0.1) is 0 Å². The Morgan fingerprint density at radius 2 is 2.14 bits per heavy atom. The van der Waals surface area contributed by atoms with Gasteiger partial charge in [-0.2, -0.15) is 5.10 Å². The number of carbonyl (C=O) groups excluding carboxylic acids is 1. The van der Waals surface area contributed by atoms with E-state index in [1.807, 2.05) is 43.5 Å². The first-order valence-electron chi connectivity index (χ1n) is 7.33. The molecule has 22 heavy (non-hydrogen) atoms. The van der Waals surface area contributed by atoms with Crippen LogP contribution in [0.2, 0.25) is 0 Å². The van der Waals surface area contributed by atoms with Crippen LogP contribution in [0.15, 0.2) is 42.7 Å². The average molecular weight is 302 g/mol. The van der Waals surface area contributed by atoms with Crippen molar-refractivity contribution in [2.45, 2.75) is 32.4 Å². The molecule has 0 aliphatic rings. The summed E-state index contributed by atoms with van der Waals surface area (Å²) in [6.45, 7) is 4.35. The van der Waals surface area contributed by atoms with Crippen LogP contribution in [-0.2, 0) is 6.54 Å². The summed E-state index contributed by atoms with van der Waals surface area (Å²) >= 11 is 0. The van der Waals surface area contributed by atoms with E-state index in [-0.39, 0.29) is 12.6 Å². The Hall–Kier alpha value is -2.34. The van der Waals surface area contributed by atoms with E-state index >= 15 is 0 Å². The Labute approximate surface area is 130 Å². The van der Waals surface area contributed by atoms with Gasteiger partial charge >= 0.3 is 6.03 Å². The second-order valence-electron chi connectivity index (χ2n) is 5.52. The van der Waals surface area contributed by atoms with Crippen LogP contribution in [0.25, 0.3) is 0 Å². The fourth-order valence-corrected chi connectivity index (χ4v) is 1.91. The number of urea groups is 1. The summed E-state index contributed by atoms with van der Waals surface area (Å²) in [7, 11) is 0. The lowest BCUT2D eigenvalue weighted by atomic mass is 10.0.